The van der Waals surface area contributed by atoms with Crippen LogP contribution in [-0.2, 0) is 16.0 Å². The van der Waals surface area contributed by atoms with E-state index in [0.29, 0.717) is 24.0 Å². The molecular formula is C33H35ClN8O2. The first-order valence-electron chi connectivity index (χ1n) is 14.6. The topological polar surface area (TPSA) is 157 Å². The summed E-state index contributed by atoms with van der Waals surface area (Å²) < 4.78 is 0. The normalized spacial score (nSPS) is 17.0. The van der Waals surface area contributed by atoms with Gasteiger partial charge in [0.15, 0.2) is 0 Å². The van der Waals surface area contributed by atoms with Gasteiger partial charge < -0.3 is 11.5 Å². The molecule has 5 aromatic rings. The number of carbonyl (C=O) groups excluding carboxylic acids is 2. The number of primary amides is 1. The van der Waals surface area contributed by atoms with Crippen LogP contribution in [0.3, 0.4) is 0 Å². The quantitative estimate of drug-likeness (QED) is 0.218. The average Bonchev–Trinajstić information content (AvgIpc) is 3.60. The fourth-order valence-corrected chi connectivity index (χ4v) is 6.07. The third-order valence-electron chi connectivity index (χ3n) is 8.52. The Labute approximate surface area is 261 Å². The minimum atomic E-state index is -0.874. The minimum absolute atomic E-state index is 0. The number of hydrogen-bond donors (Lipinski definition) is 3. The van der Waals surface area contributed by atoms with E-state index in [1.807, 2.05) is 79.1 Å². The summed E-state index contributed by atoms with van der Waals surface area (Å²) in [6.45, 7) is 0.622. The third-order valence-corrected chi connectivity index (χ3v) is 8.52. The molecule has 0 bridgehead atoms. The van der Waals surface area contributed by atoms with E-state index >= 15 is 0 Å². The molecule has 0 radical (unpaired) electrons. The van der Waals surface area contributed by atoms with Gasteiger partial charge in [0.2, 0.25) is 17.6 Å². The van der Waals surface area contributed by atoms with E-state index in [0.717, 1.165) is 58.7 Å². The Morgan fingerprint density at radius 1 is 0.909 bits per heavy atom. The van der Waals surface area contributed by atoms with Crippen LogP contribution < -0.4 is 16.4 Å². The molecule has 1 aliphatic rings. The highest BCUT2D eigenvalue weighted by Crippen LogP contribution is 2.33. The first kappa shape index (κ1) is 30.8. The number of anilines is 1. The van der Waals surface area contributed by atoms with Crippen molar-refractivity contribution in [3.8, 4) is 22.5 Å². The van der Waals surface area contributed by atoms with Crippen LogP contribution in [0.1, 0.15) is 31.2 Å². The number of carbonyl (C=O) groups is 2. The van der Waals surface area contributed by atoms with Gasteiger partial charge in [0.25, 0.3) is 0 Å². The van der Waals surface area contributed by atoms with Crippen LogP contribution in [0.25, 0.3) is 33.3 Å². The summed E-state index contributed by atoms with van der Waals surface area (Å²) in [6.07, 6.45) is 7.25. The maximum atomic E-state index is 14.1. The van der Waals surface area contributed by atoms with Gasteiger partial charge in [-0.1, -0.05) is 48.5 Å². The number of rotatable bonds is 9. The lowest BCUT2D eigenvalue weighted by Gasteiger charge is -2.35. The van der Waals surface area contributed by atoms with Gasteiger partial charge in [-0.25, -0.2) is 0 Å². The van der Waals surface area contributed by atoms with E-state index in [1.165, 1.54) is 0 Å². The second-order valence-electron chi connectivity index (χ2n) is 11.2. The molecule has 2 aromatic heterocycles. The van der Waals surface area contributed by atoms with Crippen molar-refractivity contribution in [1.29, 1.82) is 0 Å². The first-order valence-corrected chi connectivity index (χ1v) is 14.6. The number of amides is 2. The van der Waals surface area contributed by atoms with E-state index in [4.69, 9.17) is 11.5 Å². The fraction of sp³-hybridized carbons (Fsp3) is 0.273. The number of halogens is 1. The molecule has 6 rings (SSSR count). The van der Waals surface area contributed by atoms with Crippen molar-refractivity contribution in [3.05, 3.63) is 90.8 Å². The molecule has 3 aromatic carbocycles. The highest BCUT2D eigenvalue weighted by molar-refractivity contribution is 6.02. The van der Waals surface area contributed by atoms with Crippen LogP contribution in [-0.4, -0.2) is 50.0 Å². The van der Waals surface area contributed by atoms with Crippen LogP contribution in [0.5, 0.6) is 0 Å². The Morgan fingerprint density at radius 3 is 2.27 bits per heavy atom. The van der Waals surface area contributed by atoms with Gasteiger partial charge in [0, 0.05) is 46.9 Å². The molecule has 10 nitrogen and oxygen atoms in total. The van der Waals surface area contributed by atoms with E-state index < -0.39 is 11.9 Å². The molecule has 0 aliphatic heterocycles. The molecule has 1 saturated carbocycles. The van der Waals surface area contributed by atoms with E-state index in [2.05, 4.69) is 31.7 Å². The molecule has 226 valence electrons. The SMILES string of the molecule is Cl.NC[C@H]1CC[C@H](C(=O)N(c2ccc(-c3nn[nH]n3)cc2)[C@@H](Cc2ccc(-c3cncc4ccccc34)cc2)C(N)=O)CC1. The molecular weight excluding hydrogens is 576 g/mol. The molecule has 0 unspecified atom stereocenters. The van der Waals surface area contributed by atoms with Gasteiger partial charge in [-0.05, 0) is 84.1 Å². The maximum Gasteiger partial charge on any atom is 0.240 e. The molecule has 44 heavy (non-hydrogen) atoms. The number of nitrogens with two attached hydrogens (primary N) is 2. The van der Waals surface area contributed by atoms with Gasteiger partial charge in [-0.2, -0.15) is 5.21 Å². The van der Waals surface area contributed by atoms with Crippen molar-refractivity contribution >= 4 is 40.7 Å². The second kappa shape index (κ2) is 13.7. The van der Waals surface area contributed by atoms with Crippen LogP contribution >= 0.6 is 12.4 Å². The zero-order valence-electron chi connectivity index (χ0n) is 24.2. The molecule has 1 aliphatic carbocycles. The van der Waals surface area contributed by atoms with Crippen LogP contribution in [0.15, 0.2) is 85.2 Å². The summed E-state index contributed by atoms with van der Waals surface area (Å²) >= 11 is 0. The molecule has 5 N–H and O–H groups in total. The van der Waals surface area contributed by atoms with Gasteiger partial charge in [-0.15, -0.1) is 22.6 Å². The molecule has 1 atom stereocenters. The Kier molecular flexibility index (Phi) is 9.62. The van der Waals surface area contributed by atoms with Gasteiger partial charge in [0.1, 0.15) is 6.04 Å². The van der Waals surface area contributed by atoms with Gasteiger partial charge >= 0.3 is 0 Å². The van der Waals surface area contributed by atoms with E-state index in [-0.39, 0.29) is 30.7 Å². The highest BCUT2D eigenvalue weighted by Gasteiger charge is 2.36. The monoisotopic (exact) mass is 610 g/mol. The third kappa shape index (κ3) is 6.46. The van der Waals surface area contributed by atoms with Crippen molar-refractivity contribution < 1.29 is 9.59 Å². The lowest BCUT2D eigenvalue weighted by atomic mass is 9.81. The summed E-state index contributed by atoms with van der Waals surface area (Å²) in [4.78, 5) is 33.2. The zero-order chi connectivity index (χ0) is 29.8. The number of aromatic nitrogens is 5. The Balaban J connectivity index is 0.00000384. The van der Waals surface area contributed by atoms with Crippen molar-refractivity contribution in [1.82, 2.24) is 25.6 Å². The van der Waals surface area contributed by atoms with Crippen LogP contribution in [0.4, 0.5) is 5.69 Å². The largest absolute Gasteiger partial charge is 0.368 e. The van der Waals surface area contributed by atoms with E-state index in [9.17, 15) is 9.59 Å². The minimum Gasteiger partial charge on any atom is -0.368 e. The zero-order valence-corrected chi connectivity index (χ0v) is 25.0. The van der Waals surface area contributed by atoms with Crippen molar-refractivity contribution in [2.24, 2.45) is 23.3 Å². The van der Waals surface area contributed by atoms with Crippen molar-refractivity contribution in [3.63, 3.8) is 0 Å². The fourth-order valence-electron chi connectivity index (χ4n) is 6.07. The van der Waals surface area contributed by atoms with Gasteiger partial charge in [-0.3, -0.25) is 19.5 Å². The lowest BCUT2D eigenvalue weighted by molar-refractivity contribution is -0.127. The van der Waals surface area contributed by atoms with Crippen LogP contribution in [0, 0.1) is 11.8 Å². The molecule has 2 amide bonds. The number of benzene rings is 3. The lowest BCUT2D eigenvalue weighted by Crippen LogP contribution is -2.52. The number of fused-ring (bicyclic) bond motifs is 1. The van der Waals surface area contributed by atoms with Crippen molar-refractivity contribution in [2.45, 2.75) is 38.1 Å². The Morgan fingerprint density at radius 2 is 1.61 bits per heavy atom. The Hall–Kier alpha value is -4.67. The molecule has 11 heteroatoms. The second-order valence-corrected chi connectivity index (χ2v) is 11.2. The predicted octanol–water partition coefficient (Wildman–Crippen LogP) is 4.70. The number of aromatic amines is 1. The number of nitrogens with zero attached hydrogens (tertiary/aromatic N) is 5. The molecule has 2 heterocycles. The summed E-state index contributed by atoms with van der Waals surface area (Å²) in [5.41, 5.74) is 16.2. The number of tetrazole rings is 1. The summed E-state index contributed by atoms with van der Waals surface area (Å²) in [6, 6.07) is 22.5. The van der Waals surface area contributed by atoms with E-state index in [1.54, 1.807) is 4.90 Å². The number of hydrogen-bond acceptors (Lipinski definition) is 7. The Bertz CT molecular complexity index is 1700. The average molecular weight is 611 g/mol. The number of H-pyrrole nitrogens is 1. The first-order chi connectivity index (χ1) is 21.0. The number of nitrogens with one attached hydrogen (secondary N) is 1. The van der Waals surface area contributed by atoms with Gasteiger partial charge in [0.05, 0.1) is 0 Å². The summed E-state index contributed by atoms with van der Waals surface area (Å²) in [5, 5.41) is 16.3. The molecule has 0 saturated heterocycles. The summed E-state index contributed by atoms with van der Waals surface area (Å²) in [7, 11) is 0. The van der Waals surface area contributed by atoms with Crippen molar-refractivity contribution in [2.75, 3.05) is 11.4 Å². The van der Waals surface area contributed by atoms with Crippen LogP contribution in [0.2, 0.25) is 0 Å². The maximum absolute atomic E-state index is 14.1. The molecule has 1 fully saturated rings. The molecule has 0 spiro atoms. The smallest absolute Gasteiger partial charge is 0.240 e. The standard InChI is InChI=1S/C33H34N8O2.ClH/c34-18-22-7-11-25(12-8-22)33(43)41(27-15-13-24(14-16-27)32-37-39-40-38-32)30(31(35)42)17-21-5-9-23(10-6-21)29-20-36-19-26-3-1-2-4-28(26)29;/h1-6,9-10,13-16,19-20,22,25,30H,7-8,11-12,17-18,34H2,(H2,35,42)(H,37,38,39,40);1H/t22-,25-,30-;/m0./s1. The summed E-state index contributed by atoms with van der Waals surface area (Å²) in [5.74, 6) is 0.00738. The predicted molar refractivity (Wildman–Crippen MR) is 173 cm³/mol. The number of pyridine rings is 1. The highest BCUT2D eigenvalue weighted by atomic mass is 35.5.